The molecule has 0 radical (unpaired) electrons. The second kappa shape index (κ2) is 7.75. The van der Waals surface area contributed by atoms with Crippen molar-refractivity contribution >= 4 is 36.7 Å². The van der Waals surface area contributed by atoms with Crippen molar-refractivity contribution in [2.75, 3.05) is 0 Å². The maximum absolute atomic E-state index is 10.1. The number of carboxylic acid groups (broad SMARTS) is 1. The SMILES string of the molecule is O=C(O)CC([SiH3])([SiH3])[SiH3].[H-].[H-].[Na+].[Na+]. The van der Waals surface area contributed by atoms with E-state index in [-0.39, 0.29) is 62.0 Å². The maximum atomic E-state index is 10.1. The fourth-order valence-corrected chi connectivity index (χ4v) is 1.36. The van der Waals surface area contributed by atoms with Crippen molar-refractivity contribution in [2.24, 2.45) is 0 Å². The quantitative estimate of drug-likeness (QED) is 0.462. The molecule has 10 heavy (non-hydrogen) atoms. The van der Waals surface area contributed by atoms with Gasteiger partial charge in [0, 0.05) is 37.1 Å². The molecular weight excluding hydrogens is 198 g/mol. The van der Waals surface area contributed by atoms with Gasteiger partial charge in [-0.05, 0) is 0 Å². The molecule has 0 atom stereocenters. The molecule has 0 bridgehead atoms. The van der Waals surface area contributed by atoms with E-state index in [4.69, 9.17) is 5.11 Å². The molecule has 0 aromatic carbocycles. The van der Waals surface area contributed by atoms with Crippen LogP contribution in [0.3, 0.4) is 0 Å². The van der Waals surface area contributed by atoms with Gasteiger partial charge in [-0.15, -0.1) is 0 Å². The normalized spacial score (nSPS) is 14.8. The van der Waals surface area contributed by atoms with E-state index < -0.39 is 5.97 Å². The molecule has 1 N–H and O–H groups in total. The first-order valence-corrected chi connectivity index (χ1v) is 5.63. The Bertz CT molecular complexity index is 110. The van der Waals surface area contributed by atoms with E-state index in [0.29, 0.717) is 10.7 Å². The van der Waals surface area contributed by atoms with Gasteiger partial charge in [0.25, 0.3) is 0 Å². The Morgan fingerprint density at radius 2 is 1.70 bits per heavy atom. The van der Waals surface area contributed by atoms with Crippen LogP contribution in [0.25, 0.3) is 0 Å². The largest absolute Gasteiger partial charge is 1.00 e. The summed E-state index contributed by atoms with van der Waals surface area (Å²) in [6.45, 7) is 0. The van der Waals surface area contributed by atoms with Crippen molar-refractivity contribution in [3.05, 3.63) is 0 Å². The summed E-state index contributed by atoms with van der Waals surface area (Å²) in [5.41, 5.74) is 0. The molecular formula is C3H14Na2O2Si3. The molecule has 0 aromatic heterocycles. The van der Waals surface area contributed by atoms with Gasteiger partial charge < -0.3 is 7.96 Å². The Hall–Kier alpha value is 2.12. The van der Waals surface area contributed by atoms with Gasteiger partial charge in [-0.3, -0.25) is 4.79 Å². The molecule has 0 aliphatic rings. The Morgan fingerprint density at radius 1 is 1.40 bits per heavy atom. The van der Waals surface area contributed by atoms with Gasteiger partial charge in [0.1, 0.15) is 0 Å². The topological polar surface area (TPSA) is 37.3 Å². The van der Waals surface area contributed by atoms with Crippen LogP contribution in [0.2, 0.25) is 4.28 Å². The molecule has 0 rings (SSSR count). The minimum absolute atomic E-state index is 0. The van der Waals surface area contributed by atoms with Gasteiger partial charge in [0.05, 0.1) is 0 Å². The van der Waals surface area contributed by atoms with E-state index in [1.54, 1.807) is 0 Å². The molecule has 0 aliphatic heterocycles. The predicted molar refractivity (Wildman–Crippen MR) is 47.0 cm³/mol. The van der Waals surface area contributed by atoms with Crippen LogP contribution in [-0.4, -0.2) is 41.8 Å². The third-order valence-corrected chi connectivity index (χ3v) is 1.74. The zero-order chi connectivity index (χ0) is 6.78. The fourth-order valence-electron chi connectivity index (χ4n) is 0.454. The van der Waals surface area contributed by atoms with E-state index in [2.05, 4.69) is 0 Å². The van der Waals surface area contributed by atoms with Crippen molar-refractivity contribution < 1.29 is 71.9 Å². The van der Waals surface area contributed by atoms with Crippen LogP contribution in [-0.2, 0) is 4.79 Å². The molecule has 0 aromatic rings. The standard InChI is InChI=1S/C3H12O2Si3.2Na.2H/c4-2(5)1-3(6,7)8;;;;/h1H2,6-8H3,(H,4,5);;;;/q;2*+1;2*-1. The Morgan fingerprint density at radius 3 is 1.70 bits per heavy atom. The van der Waals surface area contributed by atoms with Crippen LogP contribution in [0.15, 0.2) is 0 Å². The van der Waals surface area contributed by atoms with Crippen molar-refractivity contribution in [1.29, 1.82) is 0 Å². The second-order valence-electron chi connectivity index (χ2n) is 3.13. The predicted octanol–water partition coefficient (Wildman–Crippen LogP) is -9.14. The van der Waals surface area contributed by atoms with Crippen LogP contribution in [0.4, 0.5) is 0 Å². The van der Waals surface area contributed by atoms with E-state index in [1.807, 2.05) is 0 Å². The first kappa shape index (κ1) is 18.0. The van der Waals surface area contributed by atoms with Crippen LogP contribution in [0.5, 0.6) is 0 Å². The molecule has 0 heterocycles. The molecule has 0 aliphatic carbocycles. The third-order valence-electron chi connectivity index (χ3n) is 0.682. The zero-order valence-corrected chi connectivity index (χ0v) is 17.6. The van der Waals surface area contributed by atoms with Gasteiger partial charge in [-0.25, -0.2) is 0 Å². The summed E-state index contributed by atoms with van der Waals surface area (Å²) in [4.78, 5) is 10.1. The average molecular weight is 212 g/mol. The number of hydrogen-bond donors (Lipinski definition) is 1. The molecule has 52 valence electrons. The third kappa shape index (κ3) is 16.6. The maximum Gasteiger partial charge on any atom is 1.00 e. The van der Waals surface area contributed by atoms with E-state index in [0.717, 1.165) is 30.7 Å². The van der Waals surface area contributed by atoms with E-state index in [1.165, 1.54) is 0 Å². The summed E-state index contributed by atoms with van der Waals surface area (Å²) in [5, 5.41) is 8.32. The van der Waals surface area contributed by atoms with Gasteiger partial charge in [-0.1, -0.05) is 4.28 Å². The summed E-state index contributed by atoms with van der Waals surface area (Å²) < 4.78 is 0.339. The smallest absolute Gasteiger partial charge is 1.00 e. The van der Waals surface area contributed by atoms with E-state index in [9.17, 15) is 4.79 Å². The summed E-state index contributed by atoms with van der Waals surface area (Å²) in [6, 6.07) is 0. The Kier molecular flexibility index (Phi) is 14.0. The van der Waals surface area contributed by atoms with Gasteiger partial charge in [-0.2, -0.15) is 0 Å². The molecule has 0 saturated carbocycles. The summed E-state index contributed by atoms with van der Waals surface area (Å²) in [6.07, 6.45) is 0.428. The van der Waals surface area contributed by atoms with Gasteiger partial charge in [0.15, 0.2) is 0 Å². The molecule has 2 nitrogen and oxygen atoms in total. The van der Waals surface area contributed by atoms with Gasteiger partial charge in [0.2, 0.25) is 0 Å². The fraction of sp³-hybridized carbons (Fsp3) is 0.667. The summed E-state index contributed by atoms with van der Waals surface area (Å²) >= 11 is 0. The molecule has 0 fully saturated rings. The van der Waals surface area contributed by atoms with Crippen LogP contribution < -0.4 is 59.1 Å². The minimum Gasteiger partial charge on any atom is -1.00 e. The van der Waals surface area contributed by atoms with Crippen molar-refractivity contribution in [3.63, 3.8) is 0 Å². The monoisotopic (exact) mass is 212 g/mol. The van der Waals surface area contributed by atoms with Crippen molar-refractivity contribution in [3.8, 4) is 0 Å². The number of carboxylic acids is 1. The molecule has 0 unspecified atom stereocenters. The first-order valence-electron chi connectivity index (χ1n) is 2.63. The number of carbonyl (C=O) groups is 1. The number of hydrogen-bond acceptors (Lipinski definition) is 1. The Balaban J connectivity index is -0.0000000408. The zero-order valence-electron chi connectivity index (χ0n) is 9.56. The van der Waals surface area contributed by atoms with Crippen LogP contribution in [0.1, 0.15) is 9.27 Å². The number of aliphatic carboxylic acids is 1. The minimum atomic E-state index is -0.620. The number of rotatable bonds is 2. The van der Waals surface area contributed by atoms with E-state index >= 15 is 0 Å². The molecule has 0 spiro atoms. The summed E-state index contributed by atoms with van der Waals surface area (Å²) in [7, 11) is 3.21. The van der Waals surface area contributed by atoms with Crippen LogP contribution in [0, 0.1) is 0 Å². The second-order valence-corrected chi connectivity index (χ2v) is 17.3. The average Bonchev–Trinajstić information content (AvgIpc) is 1.21. The first-order chi connectivity index (χ1) is 3.42. The molecule has 7 heteroatoms. The molecule has 0 amide bonds. The summed E-state index contributed by atoms with van der Waals surface area (Å²) in [5.74, 6) is -0.620. The van der Waals surface area contributed by atoms with Crippen LogP contribution >= 0.6 is 0 Å². The van der Waals surface area contributed by atoms with Crippen molar-refractivity contribution in [1.82, 2.24) is 0 Å². The Labute approximate surface area is 118 Å². The van der Waals surface area contributed by atoms with Gasteiger partial charge >= 0.3 is 65.1 Å². The molecule has 0 saturated heterocycles. The van der Waals surface area contributed by atoms with Crippen molar-refractivity contribution in [2.45, 2.75) is 10.7 Å².